The van der Waals surface area contributed by atoms with Crippen molar-refractivity contribution in [3.05, 3.63) is 129 Å². The van der Waals surface area contributed by atoms with Gasteiger partial charge in [0.25, 0.3) is 0 Å². The number of rotatable bonds is 6. The van der Waals surface area contributed by atoms with Crippen LogP contribution in [0.5, 0.6) is 0 Å². The summed E-state index contributed by atoms with van der Waals surface area (Å²) in [7, 11) is 0. The van der Waals surface area contributed by atoms with Gasteiger partial charge in [0.05, 0.1) is 5.56 Å². The maximum Gasteiger partial charge on any atom is 0.419 e. The molecule has 0 saturated heterocycles. The van der Waals surface area contributed by atoms with Crippen molar-refractivity contribution in [2.75, 3.05) is 0 Å². The highest BCUT2D eigenvalue weighted by Gasteiger charge is 2.34. The van der Waals surface area contributed by atoms with Crippen molar-refractivity contribution in [2.45, 2.75) is 45.7 Å². The van der Waals surface area contributed by atoms with E-state index in [1.165, 1.54) is 6.07 Å². The first kappa shape index (κ1) is 27.1. The van der Waals surface area contributed by atoms with Crippen molar-refractivity contribution in [3.8, 4) is 23.0 Å². The van der Waals surface area contributed by atoms with E-state index in [9.17, 15) is 22.0 Å². The zero-order valence-electron chi connectivity index (χ0n) is 21.2. The van der Waals surface area contributed by atoms with Crippen LogP contribution in [0.15, 0.2) is 78.9 Å². The SMILES string of the molecule is CCCc1cc(C(F)(F)F)c(F)cc1C#Cc1ccc(CCc2ccc(-c3ccc(C)cc3F)cc2)cc1. The molecule has 0 heterocycles. The summed E-state index contributed by atoms with van der Waals surface area (Å²) >= 11 is 0. The molecule has 0 aliphatic carbocycles. The minimum Gasteiger partial charge on any atom is -0.206 e. The fraction of sp³-hybridized carbons (Fsp3) is 0.212. The van der Waals surface area contributed by atoms with Crippen molar-refractivity contribution >= 4 is 0 Å². The van der Waals surface area contributed by atoms with E-state index in [0.717, 1.165) is 47.2 Å². The summed E-state index contributed by atoms with van der Waals surface area (Å²) < 4.78 is 67.6. The second kappa shape index (κ2) is 11.6. The Balaban J connectivity index is 1.42. The van der Waals surface area contributed by atoms with Crippen LogP contribution in [0.2, 0.25) is 0 Å². The summed E-state index contributed by atoms with van der Waals surface area (Å²) in [6.45, 7) is 3.71. The zero-order valence-corrected chi connectivity index (χ0v) is 21.2. The molecule has 0 unspecified atom stereocenters. The number of hydrogen-bond donors (Lipinski definition) is 0. The van der Waals surface area contributed by atoms with Crippen molar-refractivity contribution in [2.24, 2.45) is 0 Å². The van der Waals surface area contributed by atoms with Gasteiger partial charge in [-0.05, 0) is 84.3 Å². The largest absolute Gasteiger partial charge is 0.419 e. The van der Waals surface area contributed by atoms with E-state index in [1.807, 2.05) is 68.4 Å². The maximum absolute atomic E-state index is 14.3. The van der Waals surface area contributed by atoms with E-state index in [2.05, 4.69) is 11.8 Å². The monoisotopic (exact) mass is 518 g/mol. The van der Waals surface area contributed by atoms with Gasteiger partial charge in [0, 0.05) is 16.7 Å². The Morgan fingerprint density at radius 1 is 0.684 bits per heavy atom. The molecule has 4 aromatic rings. The summed E-state index contributed by atoms with van der Waals surface area (Å²) in [6.07, 6.45) is -2.12. The molecule has 0 radical (unpaired) electrons. The molecule has 0 bridgehead atoms. The first-order chi connectivity index (χ1) is 18.1. The van der Waals surface area contributed by atoms with Crippen LogP contribution in [0.4, 0.5) is 22.0 Å². The van der Waals surface area contributed by atoms with Gasteiger partial charge in [-0.25, -0.2) is 8.78 Å². The Morgan fingerprint density at radius 2 is 1.32 bits per heavy atom. The van der Waals surface area contributed by atoms with Gasteiger partial charge in [-0.2, -0.15) is 13.2 Å². The predicted octanol–water partition coefficient (Wildman–Crippen LogP) is 9.10. The Morgan fingerprint density at radius 3 is 1.89 bits per heavy atom. The van der Waals surface area contributed by atoms with Crippen molar-refractivity contribution in [1.82, 2.24) is 0 Å². The molecule has 0 amide bonds. The smallest absolute Gasteiger partial charge is 0.206 e. The van der Waals surface area contributed by atoms with E-state index < -0.39 is 17.6 Å². The van der Waals surface area contributed by atoms with Crippen LogP contribution in [0.25, 0.3) is 11.1 Å². The van der Waals surface area contributed by atoms with Gasteiger partial charge >= 0.3 is 6.18 Å². The lowest BCUT2D eigenvalue weighted by Gasteiger charge is -2.11. The Labute approximate surface area is 220 Å². The molecule has 0 N–H and O–H groups in total. The van der Waals surface area contributed by atoms with Gasteiger partial charge in [0.15, 0.2) is 0 Å². The van der Waals surface area contributed by atoms with Crippen molar-refractivity contribution in [1.29, 1.82) is 0 Å². The molecule has 38 heavy (non-hydrogen) atoms. The van der Waals surface area contributed by atoms with E-state index in [-0.39, 0.29) is 11.4 Å². The van der Waals surface area contributed by atoms with E-state index in [0.29, 0.717) is 29.5 Å². The molecular formula is C33H27F5. The zero-order chi connectivity index (χ0) is 27.3. The van der Waals surface area contributed by atoms with Gasteiger partial charge in [-0.3, -0.25) is 0 Å². The lowest BCUT2D eigenvalue weighted by molar-refractivity contribution is -0.140. The molecule has 5 heteroatoms. The summed E-state index contributed by atoms with van der Waals surface area (Å²) in [5.74, 6) is 4.26. The van der Waals surface area contributed by atoms with Crippen LogP contribution in [-0.2, 0) is 25.4 Å². The normalized spacial score (nSPS) is 11.2. The number of halogens is 5. The van der Waals surface area contributed by atoms with Crippen LogP contribution in [0.1, 0.15) is 52.3 Å². The summed E-state index contributed by atoms with van der Waals surface area (Å²) in [6, 6.07) is 22.5. The van der Waals surface area contributed by atoms with E-state index >= 15 is 0 Å². The van der Waals surface area contributed by atoms with Crippen LogP contribution in [0.3, 0.4) is 0 Å². The van der Waals surface area contributed by atoms with Crippen LogP contribution in [-0.4, -0.2) is 0 Å². The second-order valence-corrected chi connectivity index (χ2v) is 9.36. The summed E-state index contributed by atoms with van der Waals surface area (Å²) in [4.78, 5) is 0. The molecule has 0 aliphatic rings. The van der Waals surface area contributed by atoms with E-state index in [4.69, 9.17) is 0 Å². The molecule has 0 atom stereocenters. The van der Waals surface area contributed by atoms with Gasteiger partial charge < -0.3 is 0 Å². The molecule has 0 saturated carbocycles. The summed E-state index contributed by atoms with van der Waals surface area (Å²) in [5.41, 5.74) is 4.65. The van der Waals surface area contributed by atoms with Crippen LogP contribution < -0.4 is 0 Å². The lowest BCUT2D eigenvalue weighted by atomic mass is 9.98. The Bertz CT molecular complexity index is 1470. The number of alkyl halides is 3. The van der Waals surface area contributed by atoms with Crippen LogP contribution >= 0.6 is 0 Å². The third kappa shape index (κ3) is 6.69. The van der Waals surface area contributed by atoms with E-state index in [1.54, 1.807) is 6.07 Å². The Kier molecular flexibility index (Phi) is 8.32. The highest BCUT2D eigenvalue weighted by Crippen LogP contribution is 2.33. The Hall–Kier alpha value is -3.91. The quantitative estimate of drug-likeness (QED) is 0.176. The van der Waals surface area contributed by atoms with Crippen molar-refractivity contribution in [3.63, 3.8) is 0 Å². The molecule has 0 aliphatic heterocycles. The van der Waals surface area contributed by atoms with Gasteiger partial charge in [0.1, 0.15) is 11.6 Å². The van der Waals surface area contributed by atoms with Gasteiger partial charge in [0.2, 0.25) is 0 Å². The first-order valence-electron chi connectivity index (χ1n) is 12.5. The minimum absolute atomic E-state index is 0.231. The molecular weight excluding hydrogens is 491 g/mol. The molecule has 194 valence electrons. The van der Waals surface area contributed by atoms with Gasteiger partial charge in [-0.15, -0.1) is 0 Å². The minimum atomic E-state index is -4.74. The highest BCUT2D eigenvalue weighted by molar-refractivity contribution is 5.64. The summed E-state index contributed by atoms with van der Waals surface area (Å²) in [5, 5.41) is 0. The molecule has 0 aromatic heterocycles. The number of benzene rings is 4. The number of aryl methyl sites for hydroxylation is 4. The van der Waals surface area contributed by atoms with Crippen molar-refractivity contribution < 1.29 is 22.0 Å². The highest BCUT2D eigenvalue weighted by atomic mass is 19.4. The predicted molar refractivity (Wildman–Crippen MR) is 142 cm³/mol. The molecule has 4 rings (SSSR count). The fourth-order valence-electron chi connectivity index (χ4n) is 4.32. The second-order valence-electron chi connectivity index (χ2n) is 9.36. The fourth-order valence-corrected chi connectivity index (χ4v) is 4.32. The lowest BCUT2D eigenvalue weighted by Crippen LogP contribution is -2.10. The standard InChI is InChI=1S/C33H27F5/c1-3-4-27-20-30(33(36,37)38)32(35)21-28(27)17-14-24-9-6-23(7-10-24)8-11-25-12-15-26(16-13-25)29-18-5-22(2)19-31(29)34/h5-7,9-10,12-13,15-16,18-21H,3-4,8,11H2,1-2H3. The molecule has 0 spiro atoms. The molecule has 0 nitrogen and oxygen atoms in total. The average molecular weight is 519 g/mol. The van der Waals surface area contributed by atoms with Crippen LogP contribution in [0, 0.1) is 30.4 Å². The average Bonchev–Trinajstić information content (AvgIpc) is 2.88. The molecule has 4 aromatic carbocycles. The third-order valence-electron chi connectivity index (χ3n) is 6.40. The van der Waals surface area contributed by atoms with Gasteiger partial charge in [-0.1, -0.05) is 73.7 Å². The molecule has 0 fully saturated rings. The maximum atomic E-state index is 14.3. The topological polar surface area (TPSA) is 0 Å². The number of hydrogen-bond acceptors (Lipinski definition) is 0. The third-order valence-corrected chi connectivity index (χ3v) is 6.40. The first-order valence-corrected chi connectivity index (χ1v) is 12.5.